The summed E-state index contributed by atoms with van der Waals surface area (Å²) >= 11 is 0. The SMILES string of the molecule is CCOc1cccc(C(=O)NCC[S@](=O)c2ccccc2)c1. The summed E-state index contributed by atoms with van der Waals surface area (Å²) in [6.45, 7) is 2.81. The normalized spacial score (nSPS) is 11.7. The Balaban J connectivity index is 1.85. The van der Waals surface area contributed by atoms with Gasteiger partial charge in [0.25, 0.3) is 5.91 Å². The van der Waals surface area contributed by atoms with Crippen LogP contribution < -0.4 is 10.1 Å². The van der Waals surface area contributed by atoms with E-state index in [0.717, 1.165) is 4.90 Å². The third kappa shape index (κ3) is 4.70. The lowest BCUT2D eigenvalue weighted by Gasteiger charge is -2.07. The van der Waals surface area contributed by atoms with Gasteiger partial charge in [-0.15, -0.1) is 0 Å². The lowest BCUT2D eigenvalue weighted by atomic mass is 10.2. The summed E-state index contributed by atoms with van der Waals surface area (Å²) in [5.74, 6) is 0.871. The molecule has 4 nitrogen and oxygen atoms in total. The Bertz CT molecular complexity index is 643. The molecule has 0 aromatic heterocycles. The fraction of sp³-hybridized carbons (Fsp3) is 0.235. The van der Waals surface area contributed by atoms with Crippen molar-refractivity contribution in [3.63, 3.8) is 0 Å². The van der Waals surface area contributed by atoms with Gasteiger partial charge in [0.05, 0.1) is 17.4 Å². The van der Waals surface area contributed by atoms with Crippen molar-refractivity contribution in [2.24, 2.45) is 0 Å². The van der Waals surface area contributed by atoms with E-state index in [1.165, 1.54) is 0 Å². The molecule has 0 aliphatic rings. The van der Waals surface area contributed by atoms with E-state index in [-0.39, 0.29) is 5.91 Å². The Kier molecular flexibility index (Phi) is 6.15. The second-order valence-corrected chi connectivity index (χ2v) is 6.15. The number of carbonyl (C=O) groups excluding carboxylic acids is 1. The maximum Gasteiger partial charge on any atom is 0.251 e. The molecule has 116 valence electrons. The zero-order valence-corrected chi connectivity index (χ0v) is 13.3. The van der Waals surface area contributed by atoms with Crippen molar-refractivity contribution < 1.29 is 13.7 Å². The van der Waals surface area contributed by atoms with Crippen LogP contribution in [0.2, 0.25) is 0 Å². The molecule has 2 aromatic carbocycles. The third-order valence-corrected chi connectivity index (χ3v) is 4.36. The molecule has 0 saturated heterocycles. The zero-order valence-electron chi connectivity index (χ0n) is 12.5. The Morgan fingerprint density at radius 2 is 1.91 bits per heavy atom. The minimum Gasteiger partial charge on any atom is -0.494 e. The van der Waals surface area contributed by atoms with Gasteiger partial charge < -0.3 is 10.1 Å². The highest BCUT2D eigenvalue weighted by Gasteiger charge is 2.08. The third-order valence-electron chi connectivity index (χ3n) is 2.99. The molecule has 0 bridgehead atoms. The molecule has 0 fully saturated rings. The second-order valence-electron chi connectivity index (χ2n) is 4.58. The lowest BCUT2D eigenvalue weighted by molar-refractivity contribution is 0.0955. The molecule has 0 heterocycles. The minimum absolute atomic E-state index is 0.188. The summed E-state index contributed by atoms with van der Waals surface area (Å²) in [6.07, 6.45) is 0. The average Bonchev–Trinajstić information content (AvgIpc) is 2.56. The standard InChI is InChI=1S/C17H19NO3S/c1-2-21-15-8-6-7-14(13-15)17(19)18-11-12-22(20)16-9-4-3-5-10-16/h3-10,13H,2,11-12H2,1H3,(H,18,19)/t22-/m0/s1. The van der Waals surface area contributed by atoms with Gasteiger partial charge in [0, 0.05) is 22.8 Å². The van der Waals surface area contributed by atoms with E-state index >= 15 is 0 Å². The highest BCUT2D eigenvalue weighted by atomic mass is 32.2. The topological polar surface area (TPSA) is 55.4 Å². The smallest absolute Gasteiger partial charge is 0.251 e. The molecule has 0 radical (unpaired) electrons. The van der Waals surface area contributed by atoms with Crippen LogP contribution in [0, 0.1) is 0 Å². The molecule has 0 unspecified atom stereocenters. The van der Waals surface area contributed by atoms with E-state index in [0.29, 0.717) is 30.2 Å². The lowest BCUT2D eigenvalue weighted by Crippen LogP contribution is -2.27. The van der Waals surface area contributed by atoms with Crippen molar-refractivity contribution in [3.8, 4) is 5.75 Å². The molecule has 5 heteroatoms. The van der Waals surface area contributed by atoms with E-state index in [4.69, 9.17) is 4.74 Å². The van der Waals surface area contributed by atoms with Gasteiger partial charge in [0.15, 0.2) is 0 Å². The molecular weight excluding hydrogens is 298 g/mol. The molecule has 1 amide bonds. The Morgan fingerprint density at radius 1 is 1.14 bits per heavy atom. The Hall–Kier alpha value is -2.14. The number of hydrogen-bond donors (Lipinski definition) is 1. The Labute approximate surface area is 133 Å². The summed E-state index contributed by atoms with van der Waals surface area (Å²) in [7, 11) is -1.10. The van der Waals surface area contributed by atoms with Gasteiger partial charge in [-0.05, 0) is 37.3 Å². The fourth-order valence-corrected chi connectivity index (χ4v) is 2.93. The van der Waals surface area contributed by atoms with Gasteiger partial charge in [-0.1, -0.05) is 24.3 Å². The number of benzene rings is 2. The second kappa shape index (κ2) is 8.34. The van der Waals surface area contributed by atoms with Crippen molar-refractivity contribution in [1.82, 2.24) is 5.32 Å². The maximum absolute atomic E-state index is 12.1. The van der Waals surface area contributed by atoms with E-state index in [1.54, 1.807) is 18.2 Å². The maximum atomic E-state index is 12.1. The number of amides is 1. The summed E-state index contributed by atoms with van der Waals surface area (Å²) in [5, 5.41) is 2.78. The van der Waals surface area contributed by atoms with Gasteiger partial charge in [0.2, 0.25) is 0 Å². The van der Waals surface area contributed by atoms with Crippen LogP contribution in [-0.4, -0.2) is 29.0 Å². The quantitative estimate of drug-likeness (QED) is 0.854. The first-order valence-electron chi connectivity index (χ1n) is 7.15. The van der Waals surface area contributed by atoms with Crippen LogP contribution in [0.4, 0.5) is 0 Å². The van der Waals surface area contributed by atoms with Crippen LogP contribution in [-0.2, 0) is 10.8 Å². The number of ether oxygens (including phenoxy) is 1. The average molecular weight is 317 g/mol. The number of rotatable bonds is 7. The van der Waals surface area contributed by atoms with E-state index in [9.17, 15) is 9.00 Å². The summed E-state index contributed by atoms with van der Waals surface area (Å²) in [5.41, 5.74) is 0.538. The van der Waals surface area contributed by atoms with Gasteiger partial charge in [-0.25, -0.2) is 0 Å². The molecule has 2 rings (SSSR count). The van der Waals surface area contributed by atoms with Crippen molar-refractivity contribution in [2.75, 3.05) is 18.9 Å². The fourth-order valence-electron chi connectivity index (χ4n) is 1.94. The number of nitrogens with one attached hydrogen (secondary N) is 1. The van der Waals surface area contributed by atoms with Gasteiger partial charge >= 0.3 is 0 Å². The minimum atomic E-state index is -1.10. The van der Waals surface area contributed by atoms with Crippen LogP contribution in [0.3, 0.4) is 0 Å². The zero-order chi connectivity index (χ0) is 15.8. The van der Waals surface area contributed by atoms with E-state index in [2.05, 4.69) is 5.32 Å². The molecule has 0 aliphatic carbocycles. The van der Waals surface area contributed by atoms with Crippen LogP contribution in [0.15, 0.2) is 59.5 Å². The van der Waals surface area contributed by atoms with E-state index < -0.39 is 10.8 Å². The molecule has 0 spiro atoms. The van der Waals surface area contributed by atoms with Crippen molar-refractivity contribution >= 4 is 16.7 Å². The Morgan fingerprint density at radius 3 is 2.64 bits per heavy atom. The summed E-state index contributed by atoms with van der Waals surface area (Å²) in [4.78, 5) is 12.8. The summed E-state index contributed by atoms with van der Waals surface area (Å²) < 4.78 is 17.4. The van der Waals surface area contributed by atoms with Crippen LogP contribution in [0.25, 0.3) is 0 Å². The highest BCUT2D eigenvalue weighted by Crippen LogP contribution is 2.13. The predicted octanol–water partition coefficient (Wildman–Crippen LogP) is 2.62. The first kappa shape index (κ1) is 16.2. The van der Waals surface area contributed by atoms with Crippen LogP contribution in [0.1, 0.15) is 17.3 Å². The highest BCUT2D eigenvalue weighted by molar-refractivity contribution is 7.85. The molecule has 0 saturated carbocycles. The first-order valence-corrected chi connectivity index (χ1v) is 8.47. The van der Waals surface area contributed by atoms with E-state index in [1.807, 2.05) is 43.3 Å². The predicted molar refractivity (Wildman–Crippen MR) is 87.7 cm³/mol. The van der Waals surface area contributed by atoms with Gasteiger partial charge in [0.1, 0.15) is 5.75 Å². The van der Waals surface area contributed by atoms with Crippen molar-refractivity contribution in [2.45, 2.75) is 11.8 Å². The molecule has 22 heavy (non-hydrogen) atoms. The van der Waals surface area contributed by atoms with Crippen molar-refractivity contribution in [1.29, 1.82) is 0 Å². The van der Waals surface area contributed by atoms with Crippen molar-refractivity contribution in [3.05, 3.63) is 60.2 Å². The van der Waals surface area contributed by atoms with Crippen LogP contribution >= 0.6 is 0 Å². The molecule has 1 N–H and O–H groups in total. The number of hydrogen-bond acceptors (Lipinski definition) is 3. The first-order chi connectivity index (χ1) is 10.7. The monoisotopic (exact) mass is 317 g/mol. The van der Waals surface area contributed by atoms with Gasteiger partial charge in [-0.2, -0.15) is 0 Å². The molecule has 1 atom stereocenters. The molecule has 2 aromatic rings. The molecule has 0 aliphatic heterocycles. The van der Waals surface area contributed by atoms with Crippen LogP contribution in [0.5, 0.6) is 5.75 Å². The summed E-state index contributed by atoms with van der Waals surface area (Å²) in [6, 6.07) is 16.3. The van der Waals surface area contributed by atoms with Gasteiger partial charge in [-0.3, -0.25) is 9.00 Å². The number of carbonyl (C=O) groups is 1. The molecular formula is C17H19NO3S. The largest absolute Gasteiger partial charge is 0.494 e.